The van der Waals surface area contributed by atoms with E-state index in [-0.39, 0.29) is 0 Å². The zero-order valence-electron chi connectivity index (χ0n) is 13.0. The highest BCUT2D eigenvalue weighted by atomic mass is 16.5. The van der Waals surface area contributed by atoms with Crippen molar-refractivity contribution < 1.29 is 9.47 Å². The third-order valence-corrected chi connectivity index (χ3v) is 3.51. The van der Waals surface area contributed by atoms with Gasteiger partial charge in [-0.05, 0) is 25.2 Å². The molecule has 6 nitrogen and oxygen atoms in total. The lowest BCUT2D eigenvalue weighted by molar-refractivity contribution is 0.0699. The molecule has 0 atom stereocenters. The van der Waals surface area contributed by atoms with Crippen molar-refractivity contribution in [3.63, 3.8) is 0 Å². The van der Waals surface area contributed by atoms with Crippen molar-refractivity contribution >= 4 is 11.6 Å². The number of aromatic nitrogens is 2. The third-order valence-electron chi connectivity index (χ3n) is 3.51. The molecule has 0 unspecified atom stereocenters. The Labute approximate surface area is 126 Å². The lowest BCUT2D eigenvalue weighted by atomic mass is 10.0. The van der Waals surface area contributed by atoms with Crippen molar-refractivity contribution in [2.45, 2.75) is 32.8 Å². The van der Waals surface area contributed by atoms with Crippen LogP contribution in [-0.4, -0.2) is 43.4 Å². The third kappa shape index (κ3) is 5.47. The van der Waals surface area contributed by atoms with Crippen LogP contribution in [0.4, 0.5) is 11.6 Å². The van der Waals surface area contributed by atoms with Gasteiger partial charge < -0.3 is 20.1 Å². The molecule has 1 aromatic rings. The van der Waals surface area contributed by atoms with E-state index < -0.39 is 0 Å². The molecule has 6 heteroatoms. The number of hydrogen-bond donors (Lipinski definition) is 2. The number of rotatable bonds is 8. The first-order valence-corrected chi connectivity index (χ1v) is 7.74. The van der Waals surface area contributed by atoms with Gasteiger partial charge in [-0.25, -0.2) is 9.97 Å². The highest BCUT2D eigenvalue weighted by Crippen LogP contribution is 2.17. The fraction of sp³-hybridized carbons (Fsp3) is 0.733. The Bertz CT molecular complexity index is 422. The van der Waals surface area contributed by atoms with Crippen LogP contribution < -0.4 is 10.6 Å². The van der Waals surface area contributed by atoms with Crippen molar-refractivity contribution in [1.82, 2.24) is 9.97 Å². The maximum absolute atomic E-state index is 5.39. The molecule has 1 saturated heterocycles. The molecule has 21 heavy (non-hydrogen) atoms. The van der Waals surface area contributed by atoms with Crippen LogP contribution in [0.15, 0.2) is 6.07 Å². The van der Waals surface area contributed by atoms with Crippen LogP contribution in [0.2, 0.25) is 0 Å². The summed E-state index contributed by atoms with van der Waals surface area (Å²) in [5.41, 5.74) is 0. The smallest absolute Gasteiger partial charge is 0.158 e. The van der Waals surface area contributed by atoms with Crippen LogP contribution in [0.25, 0.3) is 0 Å². The Morgan fingerprint density at radius 2 is 1.95 bits per heavy atom. The average Bonchev–Trinajstić information content (AvgIpc) is 2.52. The Kier molecular flexibility index (Phi) is 6.69. The van der Waals surface area contributed by atoms with Crippen molar-refractivity contribution in [2.24, 2.45) is 5.92 Å². The molecule has 0 aliphatic carbocycles. The minimum absolute atomic E-state index is 0.424. The number of nitrogens with zero attached hydrogens (tertiary/aromatic N) is 2. The zero-order valence-corrected chi connectivity index (χ0v) is 13.0. The molecule has 2 N–H and O–H groups in total. The standard InChI is InChI=1S/C15H26N4O2/c1-3-6-16-13-9-14(19-15(18-13)11-20-2)17-10-12-4-7-21-8-5-12/h9,12H,3-8,10-11H2,1-2H3,(H2,16,17,18,19). The van der Waals surface area contributed by atoms with Crippen LogP contribution >= 0.6 is 0 Å². The zero-order chi connectivity index (χ0) is 14.9. The molecule has 1 fully saturated rings. The number of ether oxygens (including phenoxy) is 2. The van der Waals surface area contributed by atoms with Gasteiger partial charge in [0.1, 0.15) is 18.2 Å². The summed E-state index contributed by atoms with van der Waals surface area (Å²) in [5.74, 6) is 3.08. The molecule has 1 aliphatic heterocycles. The summed E-state index contributed by atoms with van der Waals surface area (Å²) < 4.78 is 10.5. The molecule has 2 heterocycles. The summed E-state index contributed by atoms with van der Waals surface area (Å²) in [4.78, 5) is 8.95. The monoisotopic (exact) mass is 294 g/mol. The molecule has 118 valence electrons. The fourth-order valence-corrected chi connectivity index (χ4v) is 2.32. The molecule has 0 bridgehead atoms. The van der Waals surface area contributed by atoms with Gasteiger partial charge >= 0.3 is 0 Å². The lowest BCUT2D eigenvalue weighted by Crippen LogP contribution is -2.23. The van der Waals surface area contributed by atoms with Crippen LogP contribution in [0, 0.1) is 5.92 Å². The predicted octanol–water partition coefficient (Wildman–Crippen LogP) is 2.28. The molecular formula is C15H26N4O2. The van der Waals surface area contributed by atoms with Gasteiger partial charge in [-0.1, -0.05) is 6.92 Å². The molecule has 0 amide bonds. The van der Waals surface area contributed by atoms with E-state index in [1.165, 1.54) is 0 Å². The van der Waals surface area contributed by atoms with Crippen LogP contribution in [0.3, 0.4) is 0 Å². The molecule has 1 aromatic heterocycles. The molecule has 0 aromatic carbocycles. The number of methoxy groups -OCH3 is 1. The Hall–Kier alpha value is -1.40. The summed E-state index contributed by atoms with van der Waals surface area (Å²) in [6.07, 6.45) is 3.29. The van der Waals surface area contributed by atoms with E-state index in [9.17, 15) is 0 Å². The van der Waals surface area contributed by atoms with Gasteiger partial charge in [0.15, 0.2) is 5.82 Å². The Morgan fingerprint density at radius 1 is 1.24 bits per heavy atom. The normalized spacial score (nSPS) is 15.9. The molecule has 1 aliphatic rings. The van der Waals surface area contributed by atoms with E-state index in [1.807, 2.05) is 6.07 Å². The average molecular weight is 294 g/mol. The summed E-state index contributed by atoms with van der Waals surface area (Å²) in [7, 11) is 1.66. The minimum atomic E-state index is 0.424. The van der Waals surface area contributed by atoms with Crippen LogP contribution in [-0.2, 0) is 16.1 Å². The van der Waals surface area contributed by atoms with Crippen LogP contribution in [0.1, 0.15) is 32.0 Å². The largest absolute Gasteiger partial charge is 0.381 e. The molecule has 2 rings (SSSR count). The second-order valence-electron chi connectivity index (χ2n) is 5.35. The van der Waals surface area contributed by atoms with Crippen LogP contribution in [0.5, 0.6) is 0 Å². The summed E-state index contributed by atoms with van der Waals surface area (Å²) in [6.45, 7) is 6.13. The highest BCUT2D eigenvalue weighted by molar-refractivity contribution is 5.47. The molecule has 0 saturated carbocycles. The number of hydrogen-bond acceptors (Lipinski definition) is 6. The maximum Gasteiger partial charge on any atom is 0.158 e. The van der Waals surface area contributed by atoms with Crippen molar-refractivity contribution in [2.75, 3.05) is 44.0 Å². The van der Waals surface area contributed by atoms with E-state index >= 15 is 0 Å². The van der Waals surface area contributed by atoms with Gasteiger partial charge in [0, 0.05) is 39.5 Å². The molecular weight excluding hydrogens is 268 g/mol. The second kappa shape index (κ2) is 8.79. The van der Waals surface area contributed by atoms with Gasteiger partial charge in [-0.15, -0.1) is 0 Å². The maximum atomic E-state index is 5.39. The fourth-order valence-electron chi connectivity index (χ4n) is 2.32. The lowest BCUT2D eigenvalue weighted by Gasteiger charge is -2.22. The van der Waals surface area contributed by atoms with E-state index in [2.05, 4.69) is 27.5 Å². The van der Waals surface area contributed by atoms with Gasteiger partial charge in [-0.2, -0.15) is 0 Å². The highest BCUT2D eigenvalue weighted by Gasteiger charge is 2.14. The Balaban J connectivity index is 1.96. The first-order chi connectivity index (χ1) is 10.3. The van der Waals surface area contributed by atoms with Crippen molar-refractivity contribution in [1.29, 1.82) is 0 Å². The summed E-state index contributed by atoms with van der Waals surface area (Å²) in [6, 6.07) is 1.97. The van der Waals surface area contributed by atoms with E-state index in [1.54, 1.807) is 7.11 Å². The van der Waals surface area contributed by atoms with E-state index in [4.69, 9.17) is 9.47 Å². The minimum Gasteiger partial charge on any atom is -0.381 e. The molecule has 0 radical (unpaired) electrons. The first-order valence-electron chi connectivity index (χ1n) is 7.74. The molecule has 0 spiro atoms. The second-order valence-corrected chi connectivity index (χ2v) is 5.35. The topological polar surface area (TPSA) is 68.3 Å². The predicted molar refractivity (Wildman–Crippen MR) is 83.6 cm³/mol. The van der Waals surface area contributed by atoms with Gasteiger partial charge in [-0.3, -0.25) is 0 Å². The van der Waals surface area contributed by atoms with Gasteiger partial charge in [0.05, 0.1) is 0 Å². The number of anilines is 2. The van der Waals surface area contributed by atoms with Gasteiger partial charge in [0.25, 0.3) is 0 Å². The van der Waals surface area contributed by atoms with Crippen molar-refractivity contribution in [3.8, 4) is 0 Å². The summed E-state index contributed by atoms with van der Waals surface area (Å²) in [5, 5.41) is 6.73. The quantitative estimate of drug-likeness (QED) is 0.766. The summed E-state index contributed by atoms with van der Waals surface area (Å²) >= 11 is 0. The SMILES string of the molecule is CCCNc1cc(NCC2CCOCC2)nc(COC)n1. The van der Waals surface area contributed by atoms with Crippen molar-refractivity contribution in [3.05, 3.63) is 11.9 Å². The van der Waals surface area contributed by atoms with Gasteiger partial charge in [0.2, 0.25) is 0 Å². The van der Waals surface area contributed by atoms with E-state index in [0.717, 1.165) is 57.2 Å². The number of nitrogens with one attached hydrogen (secondary N) is 2. The first kappa shape index (κ1) is 16.0. The van der Waals surface area contributed by atoms with E-state index in [0.29, 0.717) is 18.3 Å². The Morgan fingerprint density at radius 3 is 2.62 bits per heavy atom.